The molecule has 3 nitrogen and oxygen atoms in total. The summed E-state index contributed by atoms with van der Waals surface area (Å²) in [5, 5.41) is 14.9. The van der Waals surface area contributed by atoms with Gasteiger partial charge >= 0.3 is 0 Å². The smallest absolute Gasteiger partial charge is 0.108 e. The lowest BCUT2D eigenvalue weighted by Crippen LogP contribution is -2.04. The van der Waals surface area contributed by atoms with Gasteiger partial charge in [-0.1, -0.05) is 18.2 Å². The summed E-state index contributed by atoms with van der Waals surface area (Å²) in [7, 11) is 1.90. The van der Waals surface area contributed by atoms with Gasteiger partial charge < -0.3 is 5.11 Å². The molecule has 0 aliphatic heterocycles. The zero-order valence-electron chi connectivity index (χ0n) is 11.7. The Labute approximate surface area is 108 Å². The maximum atomic E-state index is 10.5. The van der Waals surface area contributed by atoms with Crippen molar-refractivity contribution in [3.63, 3.8) is 0 Å². The monoisotopic (exact) mass is 244 g/mol. The van der Waals surface area contributed by atoms with Gasteiger partial charge in [0.25, 0.3) is 0 Å². The van der Waals surface area contributed by atoms with E-state index in [-0.39, 0.29) is 0 Å². The quantitative estimate of drug-likeness (QED) is 0.882. The SMILES string of the molecule is Cc1ccc(C(O)c2c(C)nn(C)c2C)cc1C. The summed E-state index contributed by atoms with van der Waals surface area (Å²) in [6.07, 6.45) is -0.599. The Kier molecular flexibility index (Phi) is 3.26. The van der Waals surface area contributed by atoms with Crippen molar-refractivity contribution in [2.45, 2.75) is 33.8 Å². The Morgan fingerprint density at radius 3 is 2.28 bits per heavy atom. The van der Waals surface area contributed by atoms with Crippen LogP contribution in [-0.4, -0.2) is 14.9 Å². The van der Waals surface area contributed by atoms with E-state index in [4.69, 9.17) is 0 Å². The zero-order chi connectivity index (χ0) is 13.4. The molecule has 2 rings (SSSR count). The molecule has 3 heteroatoms. The molecule has 0 saturated carbocycles. The van der Waals surface area contributed by atoms with Crippen LogP contribution in [0.2, 0.25) is 0 Å². The molecule has 18 heavy (non-hydrogen) atoms. The molecule has 2 aromatic rings. The molecule has 96 valence electrons. The number of benzene rings is 1. The Hall–Kier alpha value is -1.61. The van der Waals surface area contributed by atoms with Gasteiger partial charge in [-0.05, 0) is 44.4 Å². The second-order valence-corrected chi connectivity index (χ2v) is 4.95. The van der Waals surface area contributed by atoms with Gasteiger partial charge in [-0.2, -0.15) is 5.10 Å². The third kappa shape index (κ3) is 2.06. The fourth-order valence-corrected chi connectivity index (χ4v) is 2.29. The third-order valence-electron chi connectivity index (χ3n) is 3.69. The topological polar surface area (TPSA) is 38.1 Å². The lowest BCUT2D eigenvalue weighted by molar-refractivity contribution is 0.218. The molecule has 1 N–H and O–H groups in total. The van der Waals surface area contributed by atoms with E-state index in [1.807, 2.05) is 37.7 Å². The molecule has 0 amide bonds. The summed E-state index contributed by atoms with van der Waals surface area (Å²) in [5.41, 5.74) is 6.19. The molecular formula is C15H20N2O. The normalized spacial score (nSPS) is 12.8. The Bertz CT molecular complexity index is 584. The van der Waals surface area contributed by atoms with Crippen LogP contribution < -0.4 is 0 Å². The van der Waals surface area contributed by atoms with E-state index in [1.165, 1.54) is 11.1 Å². The van der Waals surface area contributed by atoms with E-state index < -0.39 is 6.10 Å². The van der Waals surface area contributed by atoms with Crippen LogP contribution in [-0.2, 0) is 7.05 Å². The molecule has 1 atom stereocenters. The molecular weight excluding hydrogens is 224 g/mol. The lowest BCUT2D eigenvalue weighted by Gasteiger charge is -2.13. The number of nitrogens with zero attached hydrogens (tertiary/aromatic N) is 2. The number of aliphatic hydroxyl groups is 1. The molecule has 0 aliphatic carbocycles. The summed E-state index contributed by atoms with van der Waals surface area (Å²) in [6, 6.07) is 6.08. The highest BCUT2D eigenvalue weighted by molar-refractivity contribution is 5.38. The predicted molar refractivity (Wildman–Crippen MR) is 72.7 cm³/mol. The van der Waals surface area contributed by atoms with Crippen molar-refractivity contribution in [1.82, 2.24) is 9.78 Å². The zero-order valence-corrected chi connectivity index (χ0v) is 11.7. The van der Waals surface area contributed by atoms with Gasteiger partial charge in [-0.15, -0.1) is 0 Å². The first-order chi connectivity index (χ1) is 8.41. The van der Waals surface area contributed by atoms with Crippen molar-refractivity contribution in [3.8, 4) is 0 Å². The minimum absolute atomic E-state index is 0.599. The molecule has 0 radical (unpaired) electrons. The van der Waals surface area contributed by atoms with Crippen molar-refractivity contribution < 1.29 is 5.11 Å². The summed E-state index contributed by atoms with van der Waals surface area (Å²) in [4.78, 5) is 0. The van der Waals surface area contributed by atoms with Crippen LogP contribution in [0.5, 0.6) is 0 Å². The molecule has 0 bridgehead atoms. The fraction of sp³-hybridized carbons (Fsp3) is 0.400. The van der Waals surface area contributed by atoms with Gasteiger partial charge in [-0.25, -0.2) is 0 Å². The molecule has 1 aromatic carbocycles. The Balaban J connectivity index is 2.47. The third-order valence-corrected chi connectivity index (χ3v) is 3.69. The number of hydrogen-bond acceptors (Lipinski definition) is 2. The molecule has 0 saturated heterocycles. The second kappa shape index (κ2) is 4.58. The van der Waals surface area contributed by atoms with Crippen LogP contribution in [0.3, 0.4) is 0 Å². The highest BCUT2D eigenvalue weighted by atomic mass is 16.3. The van der Waals surface area contributed by atoms with Crippen LogP contribution in [0.25, 0.3) is 0 Å². The predicted octanol–water partition coefficient (Wildman–Crippen LogP) is 2.74. The minimum atomic E-state index is -0.599. The average Bonchev–Trinajstić information content (AvgIpc) is 2.56. The van der Waals surface area contributed by atoms with Crippen LogP contribution in [0.15, 0.2) is 18.2 Å². The maximum Gasteiger partial charge on any atom is 0.108 e. The van der Waals surface area contributed by atoms with Gasteiger partial charge in [0.2, 0.25) is 0 Å². The number of hydrogen-bond donors (Lipinski definition) is 1. The minimum Gasteiger partial charge on any atom is -0.384 e. The van der Waals surface area contributed by atoms with Crippen molar-refractivity contribution in [2.75, 3.05) is 0 Å². The van der Waals surface area contributed by atoms with Gasteiger partial charge in [0.15, 0.2) is 0 Å². The Morgan fingerprint density at radius 2 is 1.78 bits per heavy atom. The van der Waals surface area contributed by atoms with Gasteiger partial charge in [0.1, 0.15) is 6.10 Å². The van der Waals surface area contributed by atoms with E-state index in [0.717, 1.165) is 22.5 Å². The maximum absolute atomic E-state index is 10.5. The van der Waals surface area contributed by atoms with E-state index >= 15 is 0 Å². The highest BCUT2D eigenvalue weighted by Crippen LogP contribution is 2.28. The molecule has 0 fully saturated rings. The fourth-order valence-electron chi connectivity index (χ4n) is 2.29. The summed E-state index contributed by atoms with van der Waals surface area (Å²) in [6.45, 7) is 8.06. The molecule has 1 unspecified atom stereocenters. The van der Waals surface area contributed by atoms with E-state index in [1.54, 1.807) is 0 Å². The van der Waals surface area contributed by atoms with Crippen molar-refractivity contribution >= 4 is 0 Å². The standard InChI is InChI=1S/C15H20N2O/c1-9-6-7-13(8-10(9)2)15(18)14-11(3)16-17(5)12(14)4/h6-8,15,18H,1-5H3. The second-order valence-electron chi connectivity index (χ2n) is 4.95. The van der Waals surface area contributed by atoms with Crippen LogP contribution >= 0.6 is 0 Å². The highest BCUT2D eigenvalue weighted by Gasteiger charge is 2.19. The van der Waals surface area contributed by atoms with Crippen molar-refractivity contribution in [2.24, 2.45) is 7.05 Å². The van der Waals surface area contributed by atoms with Crippen LogP contribution in [0.4, 0.5) is 0 Å². The molecule has 0 aliphatic rings. The summed E-state index contributed by atoms with van der Waals surface area (Å²) >= 11 is 0. The lowest BCUT2D eigenvalue weighted by atomic mass is 9.97. The average molecular weight is 244 g/mol. The van der Waals surface area contributed by atoms with Crippen molar-refractivity contribution in [1.29, 1.82) is 0 Å². The van der Waals surface area contributed by atoms with E-state index in [0.29, 0.717) is 0 Å². The van der Waals surface area contributed by atoms with E-state index in [2.05, 4.69) is 25.0 Å². The summed E-state index contributed by atoms with van der Waals surface area (Å²) in [5.74, 6) is 0. The van der Waals surface area contributed by atoms with Gasteiger partial charge in [0, 0.05) is 18.3 Å². The van der Waals surface area contributed by atoms with Crippen LogP contribution in [0.1, 0.15) is 39.7 Å². The number of rotatable bonds is 2. The molecule has 1 heterocycles. The number of aromatic nitrogens is 2. The first-order valence-corrected chi connectivity index (χ1v) is 6.17. The first-order valence-electron chi connectivity index (χ1n) is 6.17. The molecule has 1 aromatic heterocycles. The largest absolute Gasteiger partial charge is 0.384 e. The molecule has 0 spiro atoms. The van der Waals surface area contributed by atoms with Gasteiger partial charge in [-0.3, -0.25) is 4.68 Å². The van der Waals surface area contributed by atoms with Crippen molar-refractivity contribution in [3.05, 3.63) is 51.8 Å². The number of aryl methyl sites for hydroxylation is 4. The van der Waals surface area contributed by atoms with Crippen LogP contribution in [0, 0.1) is 27.7 Å². The summed E-state index contributed by atoms with van der Waals surface area (Å²) < 4.78 is 1.81. The Morgan fingerprint density at radius 1 is 1.11 bits per heavy atom. The van der Waals surface area contributed by atoms with E-state index in [9.17, 15) is 5.11 Å². The van der Waals surface area contributed by atoms with Gasteiger partial charge in [0.05, 0.1) is 5.69 Å². The first kappa shape index (κ1) is 12.8. The number of aliphatic hydroxyl groups excluding tert-OH is 1.